The minimum Gasteiger partial charge on any atom is -0.377 e. The summed E-state index contributed by atoms with van der Waals surface area (Å²) in [5.74, 6) is 0.763. The molecule has 20 heavy (non-hydrogen) atoms. The summed E-state index contributed by atoms with van der Waals surface area (Å²) in [5.41, 5.74) is 0.345. The highest BCUT2D eigenvalue weighted by Gasteiger charge is 2.50. The van der Waals surface area contributed by atoms with Gasteiger partial charge in [-0.1, -0.05) is 53.9 Å². The molecule has 0 aromatic heterocycles. The Morgan fingerprint density at radius 1 is 1.20 bits per heavy atom. The van der Waals surface area contributed by atoms with Crippen molar-refractivity contribution in [1.29, 1.82) is 0 Å². The second-order valence-electron chi connectivity index (χ2n) is 6.84. The van der Waals surface area contributed by atoms with Gasteiger partial charge in [0.25, 0.3) is 0 Å². The molecule has 0 bridgehead atoms. The van der Waals surface area contributed by atoms with E-state index in [0.717, 1.165) is 19.1 Å². The highest BCUT2D eigenvalue weighted by molar-refractivity contribution is 5.04. The van der Waals surface area contributed by atoms with Crippen molar-refractivity contribution < 1.29 is 4.74 Å². The predicted molar refractivity (Wildman–Crippen MR) is 88.1 cm³/mol. The first-order chi connectivity index (χ1) is 9.62. The lowest BCUT2D eigenvalue weighted by Gasteiger charge is -2.54. The molecule has 0 aromatic rings. The van der Waals surface area contributed by atoms with Crippen LogP contribution >= 0.6 is 0 Å². The Balaban J connectivity index is 2.36. The first kappa shape index (κ1) is 18.0. The molecule has 0 radical (unpaired) electrons. The molecule has 4 unspecified atom stereocenters. The van der Waals surface area contributed by atoms with Gasteiger partial charge in [-0.25, -0.2) is 0 Å². The van der Waals surface area contributed by atoms with Crippen LogP contribution in [0, 0.1) is 11.3 Å². The van der Waals surface area contributed by atoms with Crippen molar-refractivity contribution in [2.24, 2.45) is 11.3 Å². The van der Waals surface area contributed by atoms with E-state index in [0.29, 0.717) is 17.6 Å². The lowest BCUT2D eigenvalue weighted by atomic mass is 9.61. The van der Waals surface area contributed by atoms with Crippen LogP contribution in [0.1, 0.15) is 79.6 Å². The first-order valence-electron chi connectivity index (χ1n) is 8.97. The average Bonchev–Trinajstić information content (AvgIpc) is 2.47. The molecule has 1 N–H and O–H groups in total. The number of ether oxygens (including phenoxy) is 1. The topological polar surface area (TPSA) is 21.3 Å². The van der Waals surface area contributed by atoms with E-state index in [-0.39, 0.29) is 0 Å². The molecule has 0 amide bonds. The van der Waals surface area contributed by atoms with E-state index in [1.165, 1.54) is 44.9 Å². The lowest BCUT2D eigenvalue weighted by molar-refractivity contribution is -0.137. The Hall–Kier alpha value is -0.0800. The maximum Gasteiger partial charge on any atom is 0.0658 e. The molecule has 0 aromatic carbocycles. The second kappa shape index (κ2) is 9.04. The normalized spacial score (nSPS) is 31.1. The van der Waals surface area contributed by atoms with Gasteiger partial charge < -0.3 is 10.1 Å². The van der Waals surface area contributed by atoms with E-state index in [1.807, 2.05) is 0 Å². The quantitative estimate of drug-likeness (QED) is 0.589. The molecule has 4 atom stereocenters. The minimum absolute atomic E-state index is 0.345. The molecule has 0 aliphatic heterocycles. The van der Waals surface area contributed by atoms with Gasteiger partial charge in [-0.3, -0.25) is 0 Å². The SMILES string of the molecule is CCCCC(CC)COC1CC(NCCC)C1(C)CC. The molecule has 2 nitrogen and oxygen atoms in total. The number of unbranched alkanes of at least 4 members (excludes halogenated alkanes) is 1. The Labute approximate surface area is 127 Å². The zero-order valence-electron chi connectivity index (χ0n) is 14.5. The molecule has 0 heterocycles. The van der Waals surface area contributed by atoms with Crippen LogP contribution in [-0.4, -0.2) is 25.3 Å². The fourth-order valence-electron chi connectivity index (χ4n) is 3.33. The predicted octanol–water partition coefficient (Wildman–Crippen LogP) is 4.78. The standard InChI is InChI=1S/C18H37NO/c1-6-10-11-15(8-3)14-20-17-13-16(19-12-7-2)18(17,5)9-4/h15-17,19H,6-14H2,1-5H3. The molecule has 1 aliphatic carbocycles. The van der Waals surface area contributed by atoms with Crippen LogP contribution in [0.2, 0.25) is 0 Å². The molecule has 1 saturated carbocycles. The van der Waals surface area contributed by atoms with Crippen LogP contribution in [0.15, 0.2) is 0 Å². The summed E-state index contributed by atoms with van der Waals surface area (Å²) < 4.78 is 6.30. The zero-order valence-corrected chi connectivity index (χ0v) is 14.5. The lowest BCUT2D eigenvalue weighted by Crippen LogP contribution is -2.62. The van der Waals surface area contributed by atoms with Crippen LogP contribution in [0.5, 0.6) is 0 Å². The van der Waals surface area contributed by atoms with Gasteiger partial charge in [0.15, 0.2) is 0 Å². The summed E-state index contributed by atoms with van der Waals surface area (Å²) in [7, 11) is 0. The largest absolute Gasteiger partial charge is 0.377 e. The van der Waals surface area contributed by atoms with Gasteiger partial charge in [-0.15, -0.1) is 0 Å². The highest BCUT2D eigenvalue weighted by Crippen LogP contribution is 2.46. The summed E-state index contributed by atoms with van der Waals surface area (Å²) in [6, 6.07) is 0.660. The maximum absolute atomic E-state index is 6.30. The number of nitrogens with one attached hydrogen (secondary N) is 1. The van der Waals surface area contributed by atoms with E-state index < -0.39 is 0 Å². The van der Waals surface area contributed by atoms with Crippen molar-refractivity contribution in [3.8, 4) is 0 Å². The monoisotopic (exact) mass is 283 g/mol. The van der Waals surface area contributed by atoms with Gasteiger partial charge in [0.1, 0.15) is 0 Å². The van der Waals surface area contributed by atoms with E-state index in [2.05, 4.69) is 39.9 Å². The molecule has 0 spiro atoms. The van der Waals surface area contributed by atoms with Crippen LogP contribution in [-0.2, 0) is 4.74 Å². The fraction of sp³-hybridized carbons (Fsp3) is 1.00. The van der Waals surface area contributed by atoms with E-state index in [1.54, 1.807) is 0 Å². The molecule has 0 saturated heterocycles. The zero-order chi connectivity index (χ0) is 15.0. The third-order valence-corrected chi connectivity index (χ3v) is 5.46. The summed E-state index contributed by atoms with van der Waals surface area (Å²) in [5, 5.41) is 3.70. The van der Waals surface area contributed by atoms with Crippen molar-refractivity contribution in [1.82, 2.24) is 5.32 Å². The number of rotatable bonds is 11. The van der Waals surface area contributed by atoms with Gasteiger partial charge in [-0.05, 0) is 38.1 Å². The first-order valence-corrected chi connectivity index (χ1v) is 8.97. The minimum atomic E-state index is 0.345. The van der Waals surface area contributed by atoms with Crippen LogP contribution in [0.3, 0.4) is 0 Å². The summed E-state index contributed by atoms with van der Waals surface area (Å²) in [6.45, 7) is 13.6. The highest BCUT2D eigenvalue weighted by atomic mass is 16.5. The molecule has 1 rings (SSSR count). The Morgan fingerprint density at radius 2 is 1.95 bits per heavy atom. The molecular weight excluding hydrogens is 246 g/mol. The van der Waals surface area contributed by atoms with Crippen LogP contribution in [0.25, 0.3) is 0 Å². The molecule has 1 aliphatic rings. The molecular formula is C18H37NO. The molecule has 120 valence electrons. The summed E-state index contributed by atoms with van der Waals surface area (Å²) in [4.78, 5) is 0. The third-order valence-electron chi connectivity index (χ3n) is 5.46. The van der Waals surface area contributed by atoms with Gasteiger partial charge in [0, 0.05) is 18.1 Å². The Morgan fingerprint density at radius 3 is 2.50 bits per heavy atom. The van der Waals surface area contributed by atoms with E-state index >= 15 is 0 Å². The van der Waals surface area contributed by atoms with E-state index in [9.17, 15) is 0 Å². The van der Waals surface area contributed by atoms with Crippen LogP contribution < -0.4 is 5.32 Å². The van der Waals surface area contributed by atoms with Crippen molar-refractivity contribution in [3.63, 3.8) is 0 Å². The number of hydrogen-bond donors (Lipinski definition) is 1. The van der Waals surface area contributed by atoms with Gasteiger partial charge in [0.2, 0.25) is 0 Å². The van der Waals surface area contributed by atoms with E-state index in [4.69, 9.17) is 4.74 Å². The van der Waals surface area contributed by atoms with Crippen molar-refractivity contribution in [2.45, 2.75) is 91.7 Å². The van der Waals surface area contributed by atoms with Gasteiger partial charge in [-0.2, -0.15) is 0 Å². The second-order valence-corrected chi connectivity index (χ2v) is 6.84. The van der Waals surface area contributed by atoms with Crippen molar-refractivity contribution in [3.05, 3.63) is 0 Å². The van der Waals surface area contributed by atoms with Crippen molar-refractivity contribution >= 4 is 0 Å². The Kier molecular flexibility index (Phi) is 8.13. The molecule has 1 fully saturated rings. The van der Waals surface area contributed by atoms with Gasteiger partial charge >= 0.3 is 0 Å². The Bertz CT molecular complexity index is 256. The average molecular weight is 284 g/mol. The smallest absolute Gasteiger partial charge is 0.0658 e. The van der Waals surface area contributed by atoms with Gasteiger partial charge in [0.05, 0.1) is 6.10 Å². The van der Waals surface area contributed by atoms with Crippen LogP contribution in [0.4, 0.5) is 0 Å². The molecule has 2 heteroatoms. The maximum atomic E-state index is 6.30. The summed E-state index contributed by atoms with van der Waals surface area (Å²) >= 11 is 0. The van der Waals surface area contributed by atoms with Crippen molar-refractivity contribution in [2.75, 3.05) is 13.2 Å². The third kappa shape index (κ3) is 4.46. The summed E-state index contributed by atoms with van der Waals surface area (Å²) in [6.07, 6.45) is 9.34. The fourth-order valence-corrected chi connectivity index (χ4v) is 3.33. The number of hydrogen-bond acceptors (Lipinski definition) is 2.